The third-order valence-corrected chi connectivity index (χ3v) is 8.13. The number of benzene rings is 2. The van der Waals surface area contributed by atoms with Crippen LogP contribution in [0.1, 0.15) is 123 Å². The molecule has 41 heavy (non-hydrogen) atoms. The third-order valence-electron chi connectivity index (χ3n) is 8.13. The Balaban J connectivity index is 1.38. The van der Waals surface area contributed by atoms with Gasteiger partial charge in [0.25, 0.3) is 0 Å². The van der Waals surface area contributed by atoms with Crippen LogP contribution in [0.25, 0.3) is 22.5 Å². The van der Waals surface area contributed by atoms with Gasteiger partial charge in [-0.25, -0.2) is 9.97 Å². The van der Waals surface area contributed by atoms with Gasteiger partial charge in [0.1, 0.15) is 5.75 Å². The summed E-state index contributed by atoms with van der Waals surface area (Å²) < 4.78 is 5.52. The van der Waals surface area contributed by atoms with Crippen LogP contribution in [0.5, 0.6) is 5.75 Å². The molecule has 0 bridgehead atoms. The summed E-state index contributed by atoms with van der Waals surface area (Å²) in [6.07, 6.45) is 23.3. The average Bonchev–Trinajstić information content (AvgIpc) is 3.01. The number of ether oxygens (including phenoxy) is 1. The Morgan fingerprint density at radius 1 is 0.683 bits per heavy atom. The maximum absolute atomic E-state index is 12.2. The monoisotopic (exact) mass is 556 g/mol. The second-order valence-electron chi connectivity index (χ2n) is 11.7. The second kappa shape index (κ2) is 19.2. The van der Waals surface area contributed by atoms with Crippen LogP contribution in [-0.2, 0) is 11.2 Å². The van der Waals surface area contributed by atoms with Gasteiger partial charge in [-0.3, -0.25) is 4.79 Å². The lowest BCUT2D eigenvalue weighted by molar-refractivity contribution is -0.134. The van der Waals surface area contributed by atoms with Gasteiger partial charge in [-0.15, -0.1) is 0 Å². The number of rotatable bonds is 20. The molecule has 0 amide bonds. The predicted octanol–water partition coefficient (Wildman–Crippen LogP) is 10.8. The van der Waals surface area contributed by atoms with Gasteiger partial charge in [0.05, 0.1) is 0 Å². The molecule has 4 nitrogen and oxygen atoms in total. The van der Waals surface area contributed by atoms with E-state index in [4.69, 9.17) is 4.74 Å². The molecular weight excluding hydrogens is 504 g/mol. The van der Waals surface area contributed by atoms with E-state index in [1.165, 1.54) is 82.6 Å². The van der Waals surface area contributed by atoms with Crippen molar-refractivity contribution >= 4 is 5.97 Å². The predicted molar refractivity (Wildman–Crippen MR) is 172 cm³/mol. The van der Waals surface area contributed by atoms with E-state index in [1.54, 1.807) is 0 Å². The van der Waals surface area contributed by atoms with Crippen molar-refractivity contribution in [1.82, 2.24) is 9.97 Å². The lowest BCUT2D eigenvalue weighted by Gasteiger charge is -2.08. The Morgan fingerprint density at radius 3 is 1.88 bits per heavy atom. The SMILES string of the molecule is CCCCCCCCCCCCc1ccc(-c2ncc(-c3ccc(OC(=O)CCCCC(C)CC)cc3)cn2)cc1. The van der Waals surface area contributed by atoms with Crippen LogP contribution in [0, 0.1) is 5.92 Å². The van der Waals surface area contributed by atoms with Crippen molar-refractivity contribution in [3.63, 3.8) is 0 Å². The number of carbonyl (C=O) groups excluding carboxylic acids is 1. The van der Waals surface area contributed by atoms with E-state index in [1.807, 2.05) is 36.7 Å². The largest absolute Gasteiger partial charge is 0.427 e. The summed E-state index contributed by atoms with van der Waals surface area (Å²) in [5, 5.41) is 0. The Kier molecular flexibility index (Phi) is 15.2. The maximum Gasteiger partial charge on any atom is 0.311 e. The lowest BCUT2D eigenvalue weighted by atomic mass is 10.0. The fourth-order valence-corrected chi connectivity index (χ4v) is 5.13. The molecule has 1 unspecified atom stereocenters. The number of hydrogen-bond acceptors (Lipinski definition) is 4. The summed E-state index contributed by atoms with van der Waals surface area (Å²) in [6.45, 7) is 6.75. The number of esters is 1. The zero-order valence-electron chi connectivity index (χ0n) is 25.9. The summed E-state index contributed by atoms with van der Waals surface area (Å²) in [7, 11) is 0. The number of carbonyl (C=O) groups is 1. The number of aryl methyl sites for hydroxylation is 1. The van der Waals surface area contributed by atoms with E-state index in [9.17, 15) is 4.79 Å². The van der Waals surface area contributed by atoms with Gasteiger partial charge in [-0.05, 0) is 48.4 Å². The van der Waals surface area contributed by atoms with Gasteiger partial charge in [0.2, 0.25) is 0 Å². The van der Waals surface area contributed by atoms with Gasteiger partial charge >= 0.3 is 5.97 Å². The molecule has 0 fully saturated rings. The number of aromatic nitrogens is 2. The third kappa shape index (κ3) is 12.6. The molecule has 1 aromatic heterocycles. The first-order valence-electron chi connectivity index (χ1n) is 16.3. The molecule has 0 aliphatic rings. The zero-order chi connectivity index (χ0) is 29.1. The molecule has 0 aliphatic carbocycles. The molecule has 3 aromatic rings. The van der Waals surface area contributed by atoms with E-state index < -0.39 is 0 Å². The Morgan fingerprint density at radius 2 is 1.27 bits per heavy atom. The maximum atomic E-state index is 12.2. The van der Waals surface area contributed by atoms with Crippen LogP contribution in [-0.4, -0.2) is 15.9 Å². The Hall–Kier alpha value is -3.01. The van der Waals surface area contributed by atoms with Crippen LogP contribution in [0.15, 0.2) is 60.9 Å². The highest BCUT2D eigenvalue weighted by atomic mass is 16.5. The Labute approximate surface area is 249 Å². The minimum atomic E-state index is -0.163. The minimum Gasteiger partial charge on any atom is -0.427 e. The van der Waals surface area contributed by atoms with Gasteiger partial charge in [0, 0.05) is 29.9 Å². The van der Waals surface area contributed by atoms with Crippen molar-refractivity contribution in [3.05, 3.63) is 66.5 Å². The molecule has 1 heterocycles. The first-order valence-corrected chi connectivity index (χ1v) is 16.3. The van der Waals surface area contributed by atoms with Gasteiger partial charge in [-0.1, -0.05) is 134 Å². The standard InChI is InChI=1S/C37H52N2O2/c1-4-6-7-8-9-10-11-12-13-14-18-31-20-22-33(23-21-31)37-38-28-34(29-39-37)32-24-26-35(27-25-32)41-36(40)19-16-15-17-30(3)5-2/h20-30H,4-19H2,1-3H3. The fourth-order valence-electron chi connectivity index (χ4n) is 5.13. The Bertz CT molecular complexity index is 1110. The van der Waals surface area contributed by atoms with Gasteiger partial charge < -0.3 is 4.74 Å². The molecule has 0 spiro atoms. The molecule has 0 radical (unpaired) electrons. The average molecular weight is 557 g/mol. The smallest absolute Gasteiger partial charge is 0.311 e. The first kappa shape index (κ1) is 32.5. The number of hydrogen-bond donors (Lipinski definition) is 0. The van der Waals surface area contributed by atoms with Crippen LogP contribution in [0.2, 0.25) is 0 Å². The van der Waals surface area contributed by atoms with Crippen LogP contribution in [0.4, 0.5) is 0 Å². The highest BCUT2D eigenvalue weighted by molar-refractivity contribution is 5.73. The molecular formula is C37H52N2O2. The summed E-state index contributed by atoms with van der Waals surface area (Å²) in [6, 6.07) is 16.3. The first-order chi connectivity index (χ1) is 20.1. The van der Waals surface area contributed by atoms with E-state index in [-0.39, 0.29) is 5.97 Å². The number of unbranched alkanes of at least 4 members (excludes halogenated alkanes) is 10. The lowest BCUT2D eigenvalue weighted by Crippen LogP contribution is -2.07. The molecule has 222 valence electrons. The van der Waals surface area contributed by atoms with Crippen molar-refractivity contribution in [2.75, 3.05) is 0 Å². The zero-order valence-corrected chi connectivity index (χ0v) is 25.9. The summed E-state index contributed by atoms with van der Waals surface area (Å²) in [5.41, 5.74) is 4.36. The summed E-state index contributed by atoms with van der Waals surface area (Å²) in [5.74, 6) is 1.87. The molecule has 0 saturated heterocycles. The molecule has 0 saturated carbocycles. The second-order valence-corrected chi connectivity index (χ2v) is 11.7. The normalized spacial score (nSPS) is 11.9. The van der Waals surface area contributed by atoms with Crippen molar-refractivity contribution in [3.8, 4) is 28.3 Å². The van der Waals surface area contributed by atoms with Crippen LogP contribution in [0.3, 0.4) is 0 Å². The van der Waals surface area contributed by atoms with Gasteiger partial charge in [-0.2, -0.15) is 0 Å². The van der Waals surface area contributed by atoms with Gasteiger partial charge in [0.15, 0.2) is 5.82 Å². The van der Waals surface area contributed by atoms with Crippen LogP contribution < -0.4 is 4.74 Å². The summed E-state index contributed by atoms with van der Waals surface area (Å²) >= 11 is 0. The molecule has 0 aliphatic heterocycles. The number of nitrogens with zero attached hydrogens (tertiary/aromatic N) is 2. The van der Waals surface area contributed by atoms with Crippen molar-refractivity contribution in [2.45, 2.75) is 124 Å². The van der Waals surface area contributed by atoms with Crippen molar-refractivity contribution in [2.24, 2.45) is 5.92 Å². The molecule has 1 atom stereocenters. The quantitative estimate of drug-likeness (QED) is 0.0789. The van der Waals surface area contributed by atoms with Crippen LogP contribution >= 0.6 is 0 Å². The fraction of sp³-hybridized carbons (Fsp3) is 0.541. The van der Waals surface area contributed by atoms with Crippen molar-refractivity contribution in [1.29, 1.82) is 0 Å². The molecule has 0 N–H and O–H groups in total. The molecule has 3 rings (SSSR count). The molecule has 4 heteroatoms. The minimum absolute atomic E-state index is 0.163. The van der Waals surface area contributed by atoms with E-state index in [2.05, 4.69) is 55.0 Å². The summed E-state index contributed by atoms with van der Waals surface area (Å²) in [4.78, 5) is 21.4. The van der Waals surface area contributed by atoms with E-state index >= 15 is 0 Å². The highest BCUT2D eigenvalue weighted by Crippen LogP contribution is 2.24. The molecule has 2 aromatic carbocycles. The van der Waals surface area contributed by atoms with E-state index in [0.717, 1.165) is 47.7 Å². The topological polar surface area (TPSA) is 52.1 Å². The van der Waals surface area contributed by atoms with Crippen molar-refractivity contribution < 1.29 is 9.53 Å². The van der Waals surface area contributed by atoms with E-state index in [0.29, 0.717) is 12.2 Å². The highest BCUT2D eigenvalue weighted by Gasteiger charge is 2.08.